The molecule has 0 saturated heterocycles. The molecule has 0 unspecified atom stereocenters. The summed E-state index contributed by atoms with van der Waals surface area (Å²) in [7, 11) is 1.55. The Morgan fingerprint density at radius 1 is 1.11 bits per heavy atom. The molecule has 0 aliphatic heterocycles. The van der Waals surface area contributed by atoms with Gasteiger partial charge in [0.2, 0.25) is 5.95 Å². The number of hydrogen-bond acceptors (Lipinski definition) is 8. The summed E-state index contributed by atoms with van der Waals surface area (Å²) < 4.78 is 24.8. The maximum absolute atomic E-state index is 13.9. The van der Waals surface area contributed by atoms with Crippen LogP contribution in [0, 0.1) is 5.82 Å². The SMILES string of the molecule is COc1cc(-c2ccc(N)c(F)c2)nc2cnc(N[C@H]3CC[C@H](NC(=O)OC(C)(C)C)CC3)nc12. The number of carbonyl (C=O) groups excluding carboxylic acids is 1. The summed E-state index contributed by atoms with van der Waals surface area (Å²) in [6.45, 7) is 5.54. The van der Waals surface area contributed by atoms with E-state index in [1.807, 2.05) is 20.8 Å². The molecule has 1 aromatic carbocycles. The lowest BCUT2D eigenvalue weighted by atomic mass is 9.91. The first-order valence-corrected chi connectivity index (χ1v) is 11.6. The number of hydrogen-bond donors (Lipinski definition) is 3. The minimum Gasteiger partial charge on any atom is -0.494 e. The summed E-state index contributed by atoms with van der Waals surface area (Å²) in [5.41, 5.74) is 7.36. The van der Waals surface area contributed by atoms with E-state index < -0.39 is 11.4 Å². The number of nitrogens with zero attached hydrogens (tertiary/aromatic N) is 3. The van der Waals surface area contributed by atoms with Gasteiger partial charge in [0.05, 0.1) is 24.7 Å². The third-order valence-corrected chi connectivity index (χ3v) is 5.81. The minimum atomic E-state index is -0.516. The molecule has 4 N–H and O–H groups in total. The number of ether oxygens (including phenoxy) is 2. The standard InChI is InChI=1S/C25H31FN6O3/c1-25(2,3)35-24(33)30-16-8-6-15(7-9-16)29-23-28-13-20-22(32-23)21(34-4)12-19(31-20)14-5-10-18(27)17(26)11-14/h5,10-13,15-16H,6-9,27H2,1-4H3,(H,30,33)(H,28,29,32)/t15-,16-. The second-order valence-electron chi connectivity index (χ2n) is 9.71. The number of methoxy groups -OCH3 is 1. The van der Waals surface area contributed by atoms with Crippen LogP contribution in [0.25, 0.3) is 22.3 Å². The van der Waals surface area contributed by atoms with E-state index >= 15 is 0 Å². The number of nitrogen functional groups attached to an aromatic ring is 1. The van der Waals surface area contributed by atoms with Crippen molar-refractivity contribution in [2.24, 2.45) is 0 Å². The van der Waals surface area contributed by atoms with Gasteiger partial charge in [-0.25, -0.2) is 24.1 Å². The molecule has 0 bridgehead atoms. The van der Waals surface area contributed by atoms with Crippen LogP contribution in [0.4, 0.5) is 20.8 Å². The van der Waals surface area contributed by atoms with Gasteiger partial charge in [0.25, 0.3) is 0 Å². The first kappa shape index (κ1) is 24.4. The lowest BCUT2D eigenvalue weighted by Gasteiger charge is -2.30. The Hall–Kier alpha value is -3.69. The van der Waals surface area contributed by atoms with Crippen molar-refractivity contribution < 1.29 is 18.7 Å². The van der Waals surface area contributed by atoms with Crippen molar-refractivity contribution in [3.63, 3.8) is 0 Å². The summed E-state index contributed by atoms with van der Waals surface area (Å²) in [6.07, 6.45) is 4.62. The van der Waals surface area contributed by atoms with Crippen LogP contribution in [-0.2, 0) is 4.74 Å². The normalized spacial score (nSPS) is 18.2. The molecule has 3 aromatic rings. The molecule has 1 aliphatic rings. The number of fused-ring (bicyclic) bond motifs is 1. The lowest BCUT2D eigenvalue weighted by Crippen LogP contribution is -2.42. The van der Waals surface area contributed by atoms with E-state index in [1.54, 1.807) is 25.4 Å². The molecular weight excluding hydrogens is 451 g/mol. The average Bonchev–Trinajstić information content (AvgIpc) is 2.80. The van der Waals surface area contributed by atoms with Crippen molar-refractivity contribution in [3.8, 4) is 17.0 Å². The Bertz CT molecular complexity index is 1220. The van der Waals surface area contributed by atoms with Crippen LogP contribution >= 0.6 is 0 Å². The molecule has 1 amide bonds. The number of nitrogens with two attached hydrogens (primary N) is 1. The van der Waals surface area contributed by atoms with E-state index in [9.17, 15) is 9.18 Å². The molecule has 1 fully saturated rings. The number of rotatable bonds is 5. The zero-order valence-corrected chi connectivity index (χ0v) is 20.4. The molecule has 2 aromatic heterocycles. The Balaban J connectivity index is 1.44. The molecule has 0 spiro atoms. The molecule has 9 nitrogen and oxygen atoms in total. The summed E-state index contributed by atoms with van der Waals surface area (Å²) in [6, 6.07) is 6.54. The van der Waals surface area contributed by atoms with E-state index in [0.29, 0.717) is 34.0 Å². The molecular formula is C25H31FN6O3. The number of carbonyl (C=O) groups is 1. The fraction of sp³-hybridized carbons (Fsp3) is 0.440. The van der Waals surface area contributed by atoms with Gasteiger partial charge in [-0.05, 0) is 58.6 Å². The van der Waals surface area contributed by atoms with Gasteiger partial charge in [0, 0.05) is 23.7 Å². The molecule has 2 heterocycles. The molecule has 186 valence electrons. The Morgan fingerprint density at radius 2 is 1.83 bits per heavy atom. The largest absolute Gasteiger partial charge is 0.494 e. The van der Waals surface area contributed by atoms with Gasteiger partial charge in [-0.3, -0.25) is 0 Å². The Labute approximate surface area is 203 Å². The molecule has 0 radical (unpaired) electrons. The van der Waals surface area contributed by atoms with Crippen molar-refractivity contribution >= 4 is 28.8 Å². The van der Waals surface area contributed by atoms with Crippen LogP contribution in [0.15, 0.2) is 30.5 Å². The van der Waals surface area contributed by atoms with E-state index in [-0.39, 0.29) is 23.9 Å². The highest BCUT2D eigenvalue weighted by molar-refractivity contribution is 5.84. The van der Waals surface area contributed by atoms with E-state index in [4.69, 9.17) is 15.2 Å². The van der Waals surface area contributed by atoms with Crippen molar-refractivity contribution in [1.82, 2.24) is 20.3 Å². The number of halogens is 1. The highest BCUT2D eigenvalue weighted by atomic mass is 19.1. The fourth-order valence-corrected chi connectivity index (χ4v) is 4.09. The topological polar surface area (TPSA) is 124 Å². The van der Waals surface area contributed by atoms with Crippen LogP contribution in [0.2, 0.25) is 0 Å². The highest BCUT2D eigenvalue weighted by Crippen LogP contribution is 2.30. The van der Waals surface area contributed by atoms with Crippen LogP contribution in [-0.4, -0.2) is 45.8 Å². The third-order valence-electron chi connectivity index (χ3n) is 5.81. The summed E-state index contributed by atoms with van der Waals surface area (Å²) >= 11 is 0. The smallest absolute Gasteiger partial charge is 0.407 e. The summed E-state index contributed by atoms with van der Waals surface area (Å²) in [5.74, 6) is 0.487. The maximum atomic E-state index is 13.9. The second kappa shape index (κ2) is 9.89. The number of aromatic nitrogens is 3. The zero-order valence-electron chi connectivity index (χ0n) is 20.4. The average molecular weight is 483 g/mol. The van der Waals surface area contributed by atoms with Gasteiger partial charge in [0.15, 0.2) is 0 Å². The quantitative estimate of drug-likeness (QED) is 0.448. The van der Waals surface area contributed by atoms with Gasteiger partial charge < -0.3 is 25.8 Å². The predicted molar refractivity (Wildman–Crippen MR) is 133 cm³/mol. The van der Waals surface area contributed by atoms with Gasteiger partial charge in [-0.1, -0.05) is 6.07 Å². The van der Waals surface area contributed by atoms with E-state index in [0.717, 1.165) is 25.7 Å². The van der Waals surface area contributed by atoms with E-state index in [1.165, 1.54) is 12.1 Å². The molecule has 1 saturated carbocycles. The molecule has 10 heteroatoms. The van der Waals surface area contributed by atoms with Crippen molar-refractivity contribution in [2.75, 3.05) is 18.2 Å². The van der Waals surface area contributed by atoms with Crippen LogP contribution in [0.5, 0.6) is 5.75 Å². The zero-order chi connectivity index (χ0) is 25.2. The maximum Gasteiger partial charge on any atom is 0.407 e. The third kappa shape index (κ3) is 6.06. The van der Waals surface area contributed by atoms with Crippen LogP contribution < -0.4 is 21.1 Å². The van der Waals surface area contributed by atoms with Gasteiger partial charge in [-0.2, -0.15) is 0 Å². The molecule has 4 rings (SSSR count). The molecule has 35 heavy (non-hydrogen) atoms. The summed E-state index contributed by atoms with van der Waals surface area (Å²) in [5, 5.41) is 6.33. The number of pyridine rings is 1. The van der Waals surface area contributed by atoms with Crippen LogP contribution in [0.3, 0.4) is 0 Å². The van der Waals surface area contributed by atoms with Gasteiger partial charge >= 0.3 is 6.09 Å². The molecule has 0 atom stereocenters. The predicted octanol–water partition coefficient (Wildman–Crippen LogP) is 4.67. The molecule has 1 aliphatic carbocycles. The fourth-order valence-electron chi connectivity index (χ4n) is 4.09. The van der Waals surface area contributed by atoms with Crippen molar-refractivity contribution in [1.29, 1.82) is 0 Å². The number of alkyl carbamates (subject to hydrolysis) is 1. The lowest BCUT2D eigenvalue weighted by molar-refractivity contribution is 0.0492. The van der Waals surface area contributed by atoms with Crippen molar-refractivity contribution in [2.45, 2.75) is 64.1 Å². The van der Waals surface area contributed by atoms with Crippen LogP contribution in [0.1, 0.15) is 46.5 Å². The van der Waals surface area contributed by atoms with E-state index in [2.05, 4.69) is 25.6 Å². The highest BCUT2D eigenvalue weighted by Gasteiger charge is 2.25. The Morgan fingerprint density at radius 3 is 2.49 bits per heavy atom. The first-order valence-electron chi connectivity index (χ1n) is 11.6. The first-order chi connectivity index (χ1) is 16.6. The van der Waals surface area contributed by atoms with Gasteiger partial charge in [-0.15, -0.1) is 0 Å². The Kier molecular flexibility index (Phi) is 6.90. The number of anilines is 2. The number of benzene rings is 1. The number of amides is 1. The minimum absolute atomic E-state index is 0.0789. The monoisotopic (exact) mass is 482 g/mol. The van der Waals surface area contributed by atoms with Gasteiger partial charge in [0.1, 0.15) is 28.2 Å². The van der Waals surface area contributed by atoms with Crippen molar-refractivity contribution in [3.05, 3.63) is 36.3 Å². The second-order valence-corrected chi connectivity index (χ2v) is 9.71. The number of nitrogens with one attached hydrogen (secondary N) is 2. The summed E-state index contributed by atoms with van der Waals surface area (Å²) in [4.78, 5) is 25.6.